The van der Waals surface area contributed by atoms with Crippen LogP contribution in [0, 0.1) is 6.92 Å². The number of fused-ring (bicyclic) bond motifs is 1. The van der Waals surface area contributed by atoms with Crippen LogP contribution in [0.4, 0.5) is 0 Å². The number of hydrogen-bond acceptors (Lipinski definition) is 2. The topological polar surface area (TPSA) is 46.5 Å². The lowest BCUT2D eigenvalue weighted by atomic mass is 9.91. The Hall–Kier alpha value is -1.77. The van der Waals surface area contributed by atoms with E-state index in [9.17, 15) is 4.79 Å². The lowest BCUT2D eigenvalue weighted by Gasteiger charge is -2.16. The third-order valence-corrected chi connectivity index (χ3v) is 2.92. The van der Waals surface area contributed by atoms with Gasteiger partial charge < -0.3 is 9.84 Å². The Bertz CT molecular complexity index is 472. The molecule has 0 spiro atoms. The molecule has 16 heavy (non-hydrogen) atoms. The first kappa shape index (κ1) is 10.7. The molecule has 0 fully saturated rings. The lowest BCUT2D eigenvalue weighted by molar-refractivity contribution is -0.132. The van der Waals surface area contributed by atoms with Crippen molar-refractivity contribution in [3.63, 3.8) is 0 Å². The minimum Gasteiger partial charge on any atom is -0.496 e. The normalized spacial score (nSPS) is 14.0. The Balaban J connectivity index is 2.49. The molecule has 3 heteroatoms. The van der Waals surface area contributed by atoms with Gasteiger partial charge in [-0.05, 0) is 48.6 Å². The Kier molecular flexibility index (Phi) is 2.69. The standard InChI is InChI=1S/C13H14O3/c1-8-5-9-3-4-10(13(14)15)6-11(9)7-12(8)16-2/h5-7H,3-4H2,1-2H3,(H,14,15). The van der Waals surface area contributed by atoms with Crippen LogP contribution in [0.1, 0.15) is 23.1 Å². The van der Waals surface area contributed by atoms with Gasteiger partial charge >= 0.3 is 5.97 Å². The molecule has 84 valence electrons. The van der Waals surface area contributed by atoms with Crippen molar-refractivity contribution >= 4 is 12.0 Å². The number of hydrogen-bond donors (Lipinski definition) is 1. The average molecular weight is 218 g/mol. The van der Waals surface area contributed by atoms with E-state index >= 15 is 0 Å². The summed E-state index contributed by atoms with van der Waals surface area (Å²) in [6, 6.07) is 3.98. The minimum atomic E-state index is -0.829. The molecule has 0 aliphatic heterocycles. The molecule has 1 aromatic rings. The zero-order valence-electron chi connectivity index (χ0n) is 9.41. The summed E-state index contributed by atoms with van der Waals surface area (Å²) in [7, 11) is 1.62. The maximum Gasteiger partial charge on any atom is 0.331 e. The predicted octanol–water partition coefficient (Wildman–Crippen LogP) is 2.42. The number of aryl methyl sites for hydroxylation is 2. The van der Waals surface area contributed by atoms with Crippen LogP contribution in [0.3, 0.4) is 0 Å². The Labute approximate surface area is 94.4 Å². The van der Waals surface area contributed by atoms with E-state index in [4.69, 9.17) is 9.84 Å². The highest BCUT2D eigenvalue weighted by Crippen LogP contribution is 2.30. The summed E-state index contributed by atoms with van der Waals surface area (Å²) in [6.45, 7) is 2.00. The van der Waals surface area contributed by atoms with Gasteiger partial charge in [-0.15, -0.1) is 0 Å². The summed E-state index contributed by atoms with van der Waals surface area (Å²) in [6.07, 6.45) is 3.13. The van der Waals surface area contributed by atoms with E-state index in [1.807, 2.05) is 13.0 Å². The number of carbonyl (C=O) groups is 1. The molecule has 3 nitrogen and oxygen atoms in total. The molecule has 0 unspecified atom stereocenters. The molecular weight excluding hydrogens is 204 g/mol. The molecule has 0 aromatic heterocycles. The maximum absolute atomic E-state index is 10.9. The fourth-order valence-electron chi connectivity index (χ4n) is 2.03. The molecular formula is C13H14O3. The van der Waals surface area contributed by atoms with Crippen LogP contribution in [0.5, 0.6) is 5.75 Å². The second-order valence-electron chi connectivity index (χ2n) is 4.00. The van der Waals surface area contributed by atoms with E-state index < -0.39 is 5.97 Å². The van der Waals surface area contributed by atoms with Crippen molar-refractivity contribution in [3.05, 3.63) is 34.4 Å². The van der Waals surface area contributed by atoms with Crippen LogP contribution in [0.2, 0.25) is 0 Å². The fraction of sp³-hybridized carbons (Fsp3) is 0.308. The second kappa shape index (κ2) is 4.00. The molecule has 2 rings (SSSR count). The molecule has 0 atom stereocenters. The highest BCUT2D eigenvalue weighted by molar-refractivity contribution is 5.93. The number of aliphatic carboxylic acids is 1. The zero-order chi connectivity index (χ0) is 11.7. The van der Waals surface area contributed by atoms with Gasteiger partial charge in [-0.1, -0.05) is 6.07 Å². The number of carboxylic acids is 1. The number of benzene rings is 1. The first-order chi connectivity index (χ1) is 7.61. The van der Waals surface area contributed by atoms with Crippen LogP contribution in [0.25, 0.3) is 6.08 Å². The third-order valence-electron chi connectivity index (χ3n) is 2.92. The van der Waals surface area contributed by atoms with Crippen molar-refractivity contribution in [1.29, 1.82) is 0 Å². The number of ether oxygens (including phenoxy) is 1. The van der Waals surface area contributed by atoms with Gasteiger partial charge in [0.15, 0.2) is 0 Å². The molecule has 0 amide bonds. The zero-order valence-corrected chi connectivity index (χ0v) is 9.41. The van der Waals surface area contributed by atoms with Crippen molar-refractivity contribution < 1.29 is 14.6 Å². The average Bonchev–Trinajstić information content (AvgIpc) is 2.27. The van der Waals surface area contributed by atoms with Gasteiger partial charge in [0.2, 0.25) is 0 Å². The van der Waals surface area contributed by atoms with Crippen molar-refractivity contribution in [1.82, 2.24) is 0 Å². The Morgan fingerprint density at radius 1 is 1.38 bits per heavy atom. The van der Waals surface area contributed by atoms with Gasteiger partial charge in [-0.3, -0.25) is 0 Å². The minimum absolute atomic E-state index is 0.471. The van der Waals surface area contributed by atoms with Gasteiger partial charge in [0.1, 0.15) is 5.75 Å². The molecule has 1 aliphatic rings. The van der Waals surface area contributed by atoms with Crippen LogP contribution in [0.15, 0.2) is 17.7 Å². The van der Waals surface area contributed by atoms with Gasteiger partial charge in [0, 0.05) is 5.57 Å². The lowest BCUT2D eigenvalue weighted by Crippen LogP contribution is -2.07. The van der Waals surface area contributed by atoms with E-state index in [2.05, 4.69) is 6.07 Å². The van der Waals surface area contributed by atoms with Gasteiger partial charge in [0.05, 0.1) is 7.11 Å². The monoisotopic (exact) mass is 218 g/mol. The molecule has 1 N–H and O–H groups in total. The van der Waals surface area contributed by atoms with Crippen LogP contribution >= 0.6 is 0 Å². The van der Waals surface area contributed by atoms with Crippen LogP contribution in [-0.4, -0.2) is 18.2 Å². The predicted molar refractivity (Wildman–Crippen MR) is 61.7 cm³/mol. The first-order valence-electron chi connectivity index (χ1n) is 5.23. The van der Waals surface area contributed by atoms with E-state index in [0.29, 0.717) is 12.0 Å². The highest BCUT2D eigenvalue weighted by atomic mass is 16.5. The second-order valence-corrected chi connectivity index (χ2v) is 4.00. The molecule has 0 saturated carbocycles. The summed E-state index contributed by atoms with van der Waals surface area (Å²) >= 11 is 0. The Morgan fingerprint density at radius 3 is 2.75 bits per heavy atom. The smallest absolute Gasteiger partial charge is 0.331 e. The summed E-state index contributed by atoms with van der Waals surface area (Å²) in [5, 5.41) is 8.95. The first-order valence-corrected chi connectivity index (χ1v) is 5.23. The highest BCUT2D eigenvalue weighted by Gasteiger charge is 2.16. The largest absolute Gasteiger partial charge is 0.496 e. The molecule has 1 aromatic carbocycles. The summed E-state index contributed by atoms with van der Waals surface area (Å²) < 4.78 is 5.23. The number of methoxy groups -OCH3 is 1. The molecule has 0 heterocycles. The number of rotatable bonds is 2. The summed E-state index contributed by atoms with van der Waals surface area (Å²) in [5.74, 6) is -0.0215. The van der Waals surface area contributed by atoms with Crippen molar-refractivity contribution in [3.8, 4) is 5.75 Å². The molecule has 0 bridgehead atoms. The quantitative estimate of drug-likeness (QED) is 0.829. The van der Waals surface area contributed by atoms with E-state index in [1.54, 1.807) is 13.2 Å². The third kappa shape index (κ3) is 1.81. The number of carboxylic acid groups (broad SMARTS) is 1. The summed E-state index contributed by atoms with van der Waals surface area (Å²) in [5.41, 5.74) is 3.72. The van der Waals surface area contributed by atoms with E-state index in [-0.39, 0.29) is 0 Å². The summed E-state index contributed by atoms with van der Waals surface area (Å²) in [4.78, 5) is 10.9. The van der Waals surface area contributed by atoms with Gasteiger partial charge in [-0.2, -0.15) is 0 Å². The van der Waals surface area contributed by atoms with Crippen molar-refractivity contribution in [2.45, 2.75) is 19.8 Å². The molecule has 0 radical (unpaired) electrons. The van der Waals surface area contributed by atoms with E-state index in [1.165, 1.54) is 5.56 Å². The van der Waals surface area contributed by atoms with Crippen LogP contribution in [-0.2, 0) is 11.2 Å². The maximum atomic E-state index is 10.9. The van der Waals surface area contributed by atoms with Gasteiger partial charge in [0.25, 0.3) is 0 Å². The van der Waals surface area contributed by atoms with Gasteiger partial charge in [-0.25, -0.2) is 4.79 Å². The van der Waals surface area contributed by atoms with Crippen LogP contribution < -0.4 is 4.74 Å². The molecule has 1 aliphatic carbocycles. The van der Waals surface area contributed by atoms with E-state index in [0.717, 1.165) is 23.3 Å². The Morgan fingerprint density at radius 2 is 2.12 bits per heavy atom. The SMILES string of the molecule is COc1cc2c(cc1C)CCC(C(=O)O)=C2. The van der Waals surface area contributed by atoms with Crippen molar-refractivity contribution in [2.75, 3.05) is 7.11 Å². The fourth-order valence-corrected chi connectivity index (χ4v) is 2.03. The molecule has 0 saturated heterocycles. The van der Waals surface area contributed by atoms with Crippen molar-refractivity contribution in [2.24, 2.45) is 0 Å².